The first-order valence-electron chi connectivity index (χ1n) is 14.7. The molecule has 3 nitrogen and oxygen atoms in total. The van der Waals surface area contributed by atoms with Crippen molar-refractivity contribution in [3.05, 3.63) is 22.4 Å². The first-order chi connectivity index (χ1) is 15.7. The van der Waals surface area contributed by atoms with Crippen molar-refractivity contribution in [1.82, 2.24) is 0 Å². The van der Waals surface area contributed by atoms with Gasteiger partial charge < -0.3 is 22.4 Å². The Balaban J connectivity index is 0. The summed E-state index contributed by atoms with van der Waals surface area (Å²) < 4.78 is 0. The Bertz CT molecular complexity index is 527. The summed E-state index contributed by atoms with van der Waals surface area (Å²) in [5.41, 5.74) is 2.53. The standard InChI is InChI=1S/C9H17.3C8H16N.2Mn/c1-8(2)5-6-9(3,4)7-8;3*1-7(2)5-6-8(3,4)9-7;;/h7H,5-6H2,1-4H3;3*5-6H2,1-4H3;;/q4*-1;+2;+3. The largest absolute Gasteiger partial charge is 3.00 e. The van der Waals surface area contributed by atoms with Gasteiger partial charge in [-0.15, -0.1) is 33.2 Å². The molecule has 4 aliphatic rings. The van der Waals surface area contributed by atoms with Gasteiger partial charge in [0.15, 0.2) is 0 Å². The Kier molecular flexibility index (Phi) is 15.0. The van der Waals surface area contributed by atoms with E-state index in [1.165, 1.54) is 51.4 Å². The Morgan fingerprint density at radius 1 is 0.342 bits per heavy atom. The molecule has 0 N–H and O–H groups in total. The predicted molar refractivity (Wildman–Crippen MR) is 163 cm³/mol. The summed E-state index contributed by atoms with van der Waals surface area (Å²) in [4.78, 5) is 0. The van der Waals surface area contributed by atoms with Gasteiger partial charge >= 0.3 is 34.1 Å². The number of nitrogens with zero attached hydrogens (tertiary/aromatic N) is 3. The van der Waals surface area contributed by atoms with Gasteiger partial charge in [-0.25, -0.2) is 0 Å². The molecule has 225 valence electrons. The fraction of sp³-hybridized carbons (Fsp3) is 0.970. The van der Waals surface area contributed by atoms with E-state index in [4.69, 9.17) is 0 Å². The number of rotatable bonds is 0. The third kappa shape index (κ3) is 17.0. The molecule has 0 aromatic heterocycles. The van der Waals surface area contributed by atoms with E-state index in [2.05, 4.69) is 133 Å². The quantitative estimate of drug-likeness (QED) is 0.193. The van der Waals surface area contributed by atoms with E-state index in [-0.39, 0.29) is 67.4 Å². The SMILES string of the molecule is CC1(C)CCC(C)(C)[N-]1.CC1(C)CCC(C)(C)[N-]1.CC1(C)CCC(C)(C)[N-]1.CC1(C)[CH-]C(C)(C)CC1.[Mn+2].[Mn+3]. The molecule has 1 radical (unpaired) electrons. The third-order valence-electron chi connectivity index (χ3n) is 8.06. The molecular formula is C33H65Mn2N3+. The zero-order valence-corrected chi connectivity index (χ0v) is 30.7. The molecule has 0 aromatic carbocycles. The Morgan fingerprint density at radius 3 is 0.553 bits per heavy atom. The number of hydrogen-bond donors (Lipinski definition) is 0. The topological polar surface area (TPSA) is 42.3 Å². The minimum atomic E-state index is 0. The molecular weight excluding hydrogens is 548 g/mol. The minimum absolute atomic E-state index is 0. The Morgan fingerprint density at radius 2 is 0.500 bits per heavy atom. The van der Waals surface area contributed by atoms with Crippen LogP contribution in [0.25, 0.3) is 16.0 Å². The van der Waals surface area contributed by atoms with Gasteiger partial charge in [-0.3, -0.25) is 0 Å². The maximum absolute atomic E-state index is 4.65. The van der Waals surface area contributed by atoms with Crippen LogP contribution >= 0.6 is 0 Å². The molecule has 0 atom stereocenters. The summed E-state index contributed by atoms with van der Waals surface area (Å²) in [5, 5.41) is 14.0. The zero-order valence-electron chi connectivity index (χ0n) is 28.3. The van der Waals surface area contributed by atoms with Crippen molar-refractivity contribution in [2.45, 2.75) is 195 Å². The maximum atomic E-state index is 4.65. The van der Waals surface area contributed by atoms with Gasteiger partial charge in [0.1, 0.15) is 0 Å². The van der Waals surface area contributed by atoms with Gasteiger partial charge in [-0.1, -0.05) is 162 Å². The van der Waals surface area contributed by atoms with E-state index in [0.29, 0.717) is 10.8 Å². The molecule has 1 saturated carbocycles. The van der Waals surface area contributed by atoms with Crippen molar-refractivity contribution in [3.63, 3.8) is 0 Å². The second-order valence-corrected chi connectivity index (χ2v) is 17.3. The van der Waals surface area contributed by atoms with Crippen LogP contribution in [0, 0.1) is 17.3 Å². The van der Waals surface area contributed by atoms with E-state index in [1.54, 1.807) is 0 Å². The van der Waals surface area contributed by atoms with E-state index >= 15 is 0 Å². The Labute approximate surface area is 261 Å². The smallest absolute Gasteiger partial charge is 0.652 e. The summed E-state index contributed by atoms with van der Waals surface area (Å²) in [5.74, 6) is 0. The van der Waals surface area contributed by atoms with Crippen LogP contribution in [0.4, 0.5) is 0 Å². The molecule has 0 aromatic rings. The van der Waals surface area contributed by atoms with E-state index in [0.717, 1.165) is 0 Å². The summed E-state index contributed by atoms with van der Waals surface area (Å²) in [6.07, 6.45) is 12.7. The van der Waals surface area contributed by atoms with Crippen LogP contribution < -0.4 is 0 Å². The molecule has 3 aliphatic heterocycles. The summed E-state index contributed by atoms with van der Waals surface area (Å²) in [6.45, 7) is 35.8. The predicted octanol–water partition coefficient (Wildman–Crippen LogP) is 11.2. The first kappa shape index (κ1) is 41.1. The van der Waals surface area contributed by atoms with Gasteiger partial charge in [-0.05, 0) is 0 Å². The van der Waals surface area contributed by atoms with E-state index < -0.39 is 0 Å². The molecule has 0 bridgehead atoms. The van der Waals surface area contributed by atoms with Crippen LogP contribution in [0.3, 0.4) is 0 Å². The van der Waals surface area contributed by atoms with E-state index in [9.17, 15) is 0 Å². The van der Waals surface area contributed by atoms with Crippen LogP contribution in [-0.2, 0) is 34.1 Å². The molecule has 0 unspecified atom stereocenters. The third-order valence-corrected chi connectivity index (χ3v) is 8.06. The van der Waals surface area contributed by atoms with Gasteiger partial charge in [0, 0.05) is 0 Å². The van der Waals surface area contributed by atoms with Crippen molar-refractivity contribution >= 4 is 0 Å². The van der Waals surface area contributed by atoms with Gasteiger partial charge in [0.25, 0.3) is 0 Å². The fourth-order valence-corrected chi connectivity index (χ4v) is 6.48. The molecule has 4 rings (SSSR count). The zero-order chi connectivity index (χ0) is 28.5. The molecule has 4 fully saturated rings. The summed E-state index contributed by atoms with van der Waals surface area (Å²) in [7, 11) is 0. The van der Waals surface area contributed by atoms with Crippen molar-refractivity contribution in [3.8, 4) is 0 Å². The minimum Gasteiger partial charge on any atom is -0.652 e. The molecule has 38 heavy (non-hydrogen) atoms. The van der Waals surface area contributed by atoms with Crippen molar-refractivity contribution in [2.75, 3.05) is 0 Å². The van der Waals surface area contributed by atoms with Crippen LogP contribution in [0.2, 0.25) is 0 Å². The van der Waals surface area contributed by atoms with Crippen LogP contribution in [0.5, 0.6) is 0 Å². The first-order valence-corrected chi connectivity index (χ1v) is 14.7. The molecule has 1 aliphatic carbocycles. The van der Waals surface area contributed by atoms with Gasteiger partial charge in [0.2, 0.25) is 0 Å². The van der Waals surface area contributed by atoms with Gasteiger partial charge in [-0.2, -0.15) is 10.8 Å². The summed E-state index contributed by atoms with van der Waals surface area (Å²) >= 11 is 0. The molecule has 0 spiro atoms. The second kappa shape index (κ2) is 13.9. The number of hydrogen-bond acceptors (Lipinski definition) is 0. The normalized spacial score (nSPS) is 29.1. The second-order valence-electron chi connectivity index (χ2n) is 17.3. The monoisotopic (exact) mass is 613 g/mol. The van der Waals surface area contributed by atoms with Crippen molar-refractivity contribution < 1.29 is 34.1 Å². The Hall–Kier alpha value is 0.919. The summed E-state index contributed by atoms with van der Waals surface area (Å²) in [6, 6.07) is 0. The van der Waals surface area contributed by atoms with E-state index in [1.807, 2.05) is 0 Å². The average Bonchev–Trinajstić information content (AvgIpc) is 3.22. The van der Waals surface area contributed by atoms with Crippen molar-refractivity contribution in [2.24, 2.45) is 10.8 Å². The van der Waals surface area contributed by atoms with Crippen LogP contribution in [-0.4, -0.2) is 33.2 Å². The molecule has 5 heteroatoms. The van der Waals surface area contributed by atoms with Crippen molar-refractivity contribution in [1.29, 1.82) is 0 Å². The average molecular weight is 614 g/mol. The molecule has 3 heterocycles. The van der Waals surface area contributed by atoms with Crippen LogP contribution in [0.15, 0.2) is 0 Å². The van der Waals surface area contributed by atoms with Gasteiger partial charge in [0.05, 0.1) is 0 Å². The molecule has 0 amide bonds. The fourth-order valence-electron chi connectivity index (χ4n) is 6.48. The maximum Gasteiger partial charge on any atom is 3.00 e. The van der Waals surface area contributed by atoms with Crippen LogP contribution in [0.1, 0.15) is 162 Å². The molecule has 3 saturated heterocycles.